The zero-order chi connectivity index (χ0) is 22.2. The molecule has 0 atom stereocenters. The van der Waals surface area contributed by atoms with Gasteiger partial charge in [0.2, 0.25) is 10.3 Å². The van der Waals surface area contributed by atoms with Crippen LogP contribution in [-0.4, -0.2) is 26.0 Å². The van der Waals surface area contributed by atoms with Gasteiger partial charge in [-0.2, -0.15) is 9.78 Å². The number of H-pyrrole nitrogens is 1. The second kappa shape index (κ2) is 8.12. The number of aromatic amines is 1. The summed E-state index contributed by atoms with van der Waals surface area (Å²) in [7, 11) is 0. The van der Waals surface area contributed by atoms with E-state index in [4.69, 9.17) is 0 Å². The van der Waals surface area contributed by atoms with Gasteiger partial charge in [-0.25, -0.2) is 9.97 Å². The number of rotatable bonds is 5. The third-order valence-electron chi connectivity index (χ3n) is 5.11. The van der Waals surface area contributed by atoms with Crippen molar-refractivity contribution in [3.8, 4) is 16.4 Å². The van der Waals surface area contributed by atoms with E-state index in [0.717, 1.165) is 26.0 Å². The van der Waals surface area contributed by atoms with E-state index in [9.17, 15) is 4.79 Å². The molecule has 0 aliphatic rings. The Balaban J connectivity index is 1.41. The van der Waals surface area contributed by atoms with Crippen LogP contribution in [0, 0.1) is 0 Å². The number of para-hydroxylation sites is 2. The number of anilines is 1. The predicted molar refractivity (Wildman–Crippen MR) is 136 cm³/mol. The molecule has 2 N–H and O–H groups in total. The van der Waals surface area contributed by atoms with Gasteiger partial charge in [0.25, 0.3) is 5.56 Å². The maximum atomic E-state index is 13.4. The SMILES string of the molecule is O=c1c(/C=N\Nc2nc3ccccc3s2)c(-c2ccccc2)[nH]n1-c1nc2ccccc2s1. The maximum absolute atomic E-state index is 13.4. The van der Waals surface area contributed by atoms with Gasteiger partial charge in [-0.3, -0.25) is 15.3 Å². The molecule has 7 nitrogen and oxygen atoms in total. The lowest BCUT2D eigenvalue weighted by atomic mass is 10.1. The molecule has 9 heteroatoms. The number of benzene rings is 3. The van der Waals surface area contributed by atoms with Crippen LogP contribution in [0.1, 0.15) is 5.56 Å². The number of fused-ring (bicyclic) bond motifs is 2. The molecule has 0 saturated carbocycles. The van der Waals surface area contributed by atoms with Gasteiger partial charge in [-0.15, -0.1) is 0 Å². The summed E-state index contributed by atoms with van der Waals surface area (Å²) in [6, 6.07) is 25.4. The zero-order valence-electron chi connectivity index (χ0n) is 17.1. The van der Waals surface area contributed by atoms with E-state index >= 15 is 0 Å². The van der Waals surface area contributed by atoms with Gasteiger partial charge in [-0.1, -0.05) is 77.3 Å². The summed E-state index contributed by atoms with van der Waals surface area (Å²) in [6.45, 7) is 0. The van der Waals surface area contributed by atoms with E-state index < -0.39 is 0 Å². The first-order valence-electron chi connectivity index (χ1n) is 10.2. The molecule has 0 bridgehead atoms. The van der Waals surface area contributed by atoms with Crippen molar-refractivity contribution in [2.45, 2.75) is 0 Å². The van der Waals surface area contributed by atoms with Crippen molar-refractivity contribution in [1.29, 1.82) is 0 Å². The molecule has 0 aliphatic heterocycles. The van der Waals surface area contributed by atoms with Crippen molar-refractivity contribution in [1.82, 2.24) is 19.7 Å². The van der Waals surface area contributed by atoms with Crippen LogP contribution in [0.5, 0.6) is 0 Å². The van der Waals surface area contributed by atoms with Crippen molar-refractivity contribution in [3.63, 3.8) is 0 Å². The summed E-state index contributed by atoms with van der Waals surface area (Å²) < 4.78 is 3.56. The summed E-state index contributed by atoms with van der Waals surface area (Å²) in [5, 5.41) is 8.80. The second-order valence-electron chi connectivity index (χ2n) is 7.23. The summed E-state index contributed by atoms with van der Waals surface area (Å²) in [5.41, 5.74) is 6.50. The van der Waals surface area contributed by atoms with Crippen LogP contribution >= 0.6 is 22.7 Å². The molecule has 0 spiro atoms. The molecule has 3 aromatic heterocycles. The molecule has 33 heavy (non-hydrogen) atoms. The lowest BCUT2D eigenvalue weighted by Gasteiger charge is -1.99. The highest BCUT2D eigenvalue weighted by molar-refractivity contribution is 7.22. The van der Waals surface area contributed by atoms with E-state index in [0.29, 0.717) is 21.5 Å². The third kappa shape index (κ3) is 3.63. The molecule has 6 aromatic rings. The van der Waals surface area contributed by atoms with Gasteiger partial charge in [-0.05, 0) is 24.3 Å². The number of nitrogens with zero attached hydrogens (tertiary/aromatic N) is 4. The molecule has 160 valence electrons. The molecule has 0 radical (unpaired) electrons. The van der Waals surface area contributed by atoms with Crippen molar-refractivity contribution in [3.05, 3.63) is 94.8 Å². The van der Waals surface area contributed by atoms with E-state index in [1.54, 1.807) is 0 Å². The maximum Gasteiger partial charge on any atom is 0.282 e. The minimum Gasteiger partial charge on any atom is -0.288 e. The van der Waals surface area contributed by atoms with Gasteiger partial charge >= 0.3 is 0 Å². The van der Waals surface area contributed by atoms with Crippen molar-refractivity contribution >= 4 is 54.5 Å². The van der Waals surface area contributed by atoms with Crippen LogP contribution in [0.3, 0.4) is 0 Å². The van der Waals surface area contributed by atoms with Gasteiger partial charge in [0.1, 0.15) is 0 Å². The Morgan fingerprint density at radius 2 is 1.52 bits per heavy atom. The van der Waals surface area contributed by atoms with Crippen LogP contribution in [0.2, 0.25) is 0 Å². The van der Waals surface area contributed by atoms with Crippen LogP contribution < -0.4 is 11.0 Å². The third-order valence-corrected chi connectivity index (χ3v) is 7.07. The van der Waals surface area contributed by atoms with Gasteiger partial charge < -0.3 is 0 Å². The average Bonchev–Trinajstić information content (AvgIpc) is 3.54. The Morgan fingerprint density at radius 3 is 2.24 bits per heavy atom. The molecule has 6 rings (SSSR count). The Kier molecular flexibility index (Phi) is 4.82. The van der Waals surface area contributed by atoms with Crippen molar-refractivity contribution in [2.75, 3.05) is 5.43 Å². The predicted octanol–water partition coefficient (Wildman–Crippen LogP) is 5.50. The van der Waals surface area contributed by atoms with Crippen molar-refractivity contribution in [2.24, 2.45) is 5.10 Å². The fourth-order valence-corrected chi connectivity index (χ4v) is 5.30. The van der Waals surface area contributed by atoms with Gasteiger partial charge in [0, 0.05) is 5.56 Å². The monoisotopic (exact) mass is 468 g/mol. The summed E-state index contributed by atoms with van der Waals surface area (Å²) in [6.07, 6.45) is 1.54. The fourth-order valence-electron chi connectivity index (χ4n) is 3.56. The quantitative estimate of drug-likeness (QED) is 0.258. The highest BCUT2D eigenvalue weighted by atomic mass is 32.1. The second-order valence-corrected chi connectivity index (χ2v) is 9.27. The van der Waals surface area contributed by atoms with Crippen LogP contribution in [0.4, 0.5) is 5.13 Å². The van der Waals surface area contributed by atoms with Gasteiger partial charge in [0.05, 0.1) is 37.9 Å². The van der Waals surface area contributed by atoms with E-state index in [1.807, 2.05) is 78.9 Å². The van der Waals surface area contributed by atoms with Crippen molar-refractivity contribution < 1.29 is 0 Å². The summed E-state index contributed by atoms with van der Waals surface area (Å²) in [5.74, 6) is 0. The molecule has 0 fully saturated rings. The van der Waals surface area contributed by atoms with E-state index in [-0.39, 0.29) is 5.56 Å². The molecule has 0 saturated heterocycles. The Labute approximate surface area is 195 Å². The summed E-state index contributed by atoms with van der Waals surface area (Å²) in [4.78, 5) is 22.5. The normalized spacial score (nSPS) is 11.6. The van der Waals surface area contributed by atoms with Crippen LogP contribution in [0.25, 0.3) is 36.8 Å². The summed E-state index contributed by atoms with van der Waals surface area (Å²) >= 11 is 2.96. The molecule has 3 aromatic carbocycles. The van der Waals surface area contributed by atoms with E-state index in [2.05, 4.69) is 25.6 Å². The molecular weight excluding hydrogens is 452 g/mol. The number of hydrogen-bond donors (Lipinski definition) is 2. The number of aromatic nitrogens is 4. The van der Waals surface area contributed by atoms with Gasteiger partial charge in [0.15, 0.2) is 0 Å². The minimum absolute atomic E-state index is 0.220. The highest BCUT2D eigenvalue weighted by Crippen LogP contribution is 2.27. The first kappa shape index (κ1) is 19.6. The zero-order valence-corrected chi connectivity index (χ0v) is 18.7. The largest absolute Gasteiger partial charge is 0.288 e. The lowest BCUT2D eigenvalue weighted by molar-refractivity contribution is 0.845. The molecule has 3 heterocycles. The Bertz CT molecular complexity index is 1610. The smallest absolute Gasteiger partial charge is 0.282 e. The topological polar surface area (TPSA) is 88.0 Å². The number of hydrogen-bond acceptors (Lipinski definition) is 7. The minimum atomic E-state index is -0.220. The molecular formula is C24H16N6OS2. The first-order valence-corrected chi connectivity index (χ1v) is 11.8. The lowest BCUT2D eigenvalue weighted by Crippen LogP contribution is -2.17. The van der Waals surface area contributed by atoms with E-state index in [1.165, 1.54) is 33.6 Å². The highest BCUT2D eigenvalue weighted by Gasteiger charge is 2.18. The number of nitrogens with one attached hydrogen (secondary N) is 2. The molecule has 0 amide bonds. The van der Waals surface area contributed by atoms with Crippen LogP contribution in [-0.2, 0) is 0 Å². The van der Waals surface area contributed by atoms with Crippen LogP contribution in [0.15, 0.2) is 88.8 Å². The Morgan fingerprint density at radius 1 is 0.848 bits per heavy atom. The first-order chi connectivity index (χ1) is 16.3. The standard InChI is InChI=1S/C24H16N6OS2/c31-22-16(14-25-28-23-26-17-10-4-6-12-19(17)32-23)21(15-8-2-1-3-9-15)29-30(22)24-27-18-11-5-7-13-20(18)33-24/h1-14,29H,(H,26,28)/b25-14-. The Hall–Kier alpha value is -4.08. The number of thiazole rings is 2. The fraction of sp³-hybridized carbons (Fsp3) is 0. The molecule has 0 unspecified atom stereocenters. The number of hydrazone groups is 1. The average molecular weight is 469 g/mol. The molecule has 0 aliphatic carbocycles.